The van der Waals surface area contributed by atoms with Gasteiger partial charge in [-0.15, -0.1) is 0 Å². The molecule has 1 amide bonds. The van der Waals surface area contributed by atoms with Crippen molar-refractivity contribution < 1.29 is 23.6 Å². The molecule has 3 aromatic heterocycles. The molecule has 0 bridgehead atoms. The molecule has 1 fully saturated rings. The first-order valence-electron chi connectivity index (χ1n) is 7.45. The highest BCUT2D eigenvalue weighted by molar-refractivity contribution is 5.80. The molecule has 4 heterocycles. The van der Waals surface area contributed by atoms with Crippen LogP contribution in [0.1, 0.15) is 12.3 Å². The van der Waals surface area contributed by atoms with Gasteiger partial charge in [0.15, 0.2) is 5.76 Å². The number of ether oxygens (including phenoxy) is 1. The lowest BCUT2D eigenvalue weighted by atomic mass is 10.3. The van der Waals surface area contributed by atoms with Crippen LogP contribution in [0.5, 0.6) is 0 Å². The molecule has 124 valence electrons. The van der Waals surface area contributed by atoms with E-state index in [1.807, 2.05) is 0 Å². The molecule has 9 heteroatoms. The van der Waals surface area contributed by atoms with E-state index >= 15 is 0 Å². The minimum absolute atomic E-state index is 0.132. The van der Waals surface area contributed by atoms with E-state index in [4.69, 9.17) is 18.8 Å². The van der Waals surface area contributed by atoms with Crippen LogP contribution in [0.15, 0.2) is 33.5 Å². The zero-order valence-corrected chi connectivity index (χ0v) is 12.6. The second-order valence-corrected chi connectivity index (χ2v) is 5.49. The summed E-state index contributed by atoms with van der Waals surface area (Å²) in [6.45, 7) is 0.960. The summed E-state index contributed by atoms with van der Waals surface area (Å²) in [6.07, 6.45) is 2.91. The van der Waals surface area contributed by atoms with E-state index in [1.54, 1.807) is 24.5 Å². The van der Waals surface area contributed by atoms with E-state index in [9.17, 15) is 4.79 Å². The van der Waals surface area contributed by atoms with Crippen LogP contribution in [0.2, 0.25) is 0 Å². The number of carboxylic acid groups (broad SMARTS) is 1. The van der Waals surface area contributed by atoms with Crippen LogP contribution in [0, 0.1) is 0 Å². The minimum atomic E-state index is -0.930. The minimum Gasteiger partial charge on any atom is -0.465 e. The predicted octanol–water partition coefficient (Wildman–Crippen LogP) is 2.15. The van der Waals surface area contributed by atoms with Gasteiger partial charge in [0.2, 0.25) is 5.82 Å². The van der Waals surface area contributed by atoms with Crippen molar-refractivity contribution in [1.82, 2.24) is 20.0 Å². The summed E-state index contributed by atoms with van der Waals surface area (Å²) in [5.41, 5.74) is 0.697. The van der Waals surface area contributed by atoms with E-state index in [2.05, 4.69) is 15.1 Å². The molecule has 0 unspecified atom stereocenters. The molecule has 24 heavy (non-hydrogen) atoms. The number of rotatable bonds is 4. The second kappa shape index (κ2) is 5.93. The molecular weight excluding hydrogens is 316 g/mol. The Hall–Kier alpha value is -2.94. The lowest BCUT2D eigenvalue weighted by Gasteiger charge is -2.11. The van der Waals surface area contributed by atoms with Gasteiger partial charge in [0.05, 0.1) is 12.6 Å². The fourth-order valence-electron chi connectivity index (χ4n) is 2.64. The fourth-order valence-corrected chi connectivity index (χ4v) is 2.64. The van der Waals surface area contributed by atoms with E-state index in [0.717, 1.165) is 5.39 Å². The van der Waals surface area contributed by atoms with Crippen molar-refractivity contribution in [2.75, 3.05) is 13.1 Å². The number of nitrogens with zero attached hydrogens (tertiary/aromatic N) is 4. The first kappa shape index (κ1) is 14.6. The Balaban J connectivity index is 1.41. The average molecular weight is 330 g/mol. The SMILES string of the molecule is O=C(O)N1CC[C@@H](OCc2nc(-c3cc4cnccc4o3)no2)C1. The van der Waals surface area contributed by atoms with Crippen molar-refractivity contribution in [1.29, 1.82) is 0 Å². The van der Waals surface area contributed by atoms with E-state index in [1.165, 1.54) is 4.90 Å². The number of carbonyl (C=O) groups is 1. The topological polar surface area (TPSA) is 115 Å². The van der Waals surface area contributed by atoms with Crippen LogP contribution in [0.25, 0.3) is 22.6 Å². The van der Waals surface area contributed by atoms with Crippen molar-refractivity contribution in [2.45, 2.75) is 19.1 Å². The molecule has 3 aromatic rings. The molecule has 1 saturated heterocycles. The molecule has 1 aliphatic rings. The second-order valence-electron chi connectivity index (χ2n) is 5.49. The van der Waals surface area contributed by atoms with Crippen LogP contribution in [-0.2, 0) is 11.3 Å². The zero-order chi connectivity index (χ0) is 16.5. The molecule has 4 rings (SSSR count). The van der Waals surface area contributed by atoms with Gasteiger partial charge < -0.3 is 23.7 Å². The summed E-state index contributed by atoms with van der Waals surface area (Å²) in [5.74, 6) is 1.15. The van der Waals surface area contributed by atoms with Gasteiger partial charge in [-0.3, -0.25) is 4.98 Å². The first-order valence-corrected chi connectivity index (χ1v) is 7.45. The Labute approximate surface area is 135 Å². The molecule has 1 N–H and O–H groups in total. The molecule has 9 nitrogen and oxygen atoms in total. The summed E-state index contributed by atoms with van der Waals surface area (Å²) in [6, 6.07) is 3.55. The van der Waals surface area contributed by atoms with Gasteiger partial charge in [-0.05, 0) is 18.6 Å². The summed E-state index contributed by atoms with van der Waals surface area (Å²) < 4.78 is 16.4. The normalized spacial score (nSPS) is 17.7. The standard InChI is InChI=1S/C15H14N4O5/c20-15(21)19-4-2-10(7-19)22-8-13-17-14(18-24-13)12-5-9-6-16-3-1-11(9)23-12/h1,3,5-6,10H,2,4,7-8H2,(H,20,21)/t10-/m1/s1. The number of pyridine rings is 1. The van der Waals surface area contributed by atoms with Gasteiger partial charge in [0.1, 0.15) is 12.2 Å². The van der Waals surface area contributed by atoms with E-state index in [0.29, 0.717) is 42.6 Å². The highest BCUT2D eigenvalue weighted by Crippen LogP contribution is 2.25. The summed E-state index contributed by atoms with van der Waals surface area (Å²) in [7, 11) is 0. The number of hydrogen-bond acceptors (Lipinski definition) is 7. The van der Waals surface area contributed by atoms with Gasteiger partial charge in [-0.25, -0.2) is 4.79 Å². The zero-order valence-electron chi connectivity index (χ0n) is 12.6. The van der Waals surface area contributed by atoms with Gasteiger partial charge in [-0.2, -0.15) is 4.98 Å². The maximum Gasteiger partial charge on any atom is 0.407 e. The summed E-state index contributed by atoms with van der Waals surface area (Å²) >= 11 is 0. The Morgan fingerprint density at radius 1 is 1.50 bits per heavy atom. The van der Waals surface area contributed by atoms with Crippen molar-refractivity contribution in [3.8, 4) is 11.6 Å². The highest BCUT2D eigenvalue weighted by atomic mass is 16.5. The van der Waals surface area contributed by atoms with Crippen LogP contribution in [-0.4, -0.2) is 50.4 Å². The molecule has 0 aliphatic carbocycles. The lowest BCUT2D eigenvalue weighted by molar-refractivity contribution is 0.0320. The van der Waals surface area contributed by atoms with Crippen LogP contribution in [0.3, 0.4) is 0 Å². The number of hydrogen-bond donors (Lipinski definition) is 1. The van der Waals surface area contributed by atoms with Gasteiger partial charge in [-0.1, -0.05) is 5.16 Å². The quantitative estimate of drug-likeness (QED) is 0.773. The molecule has 1 aliphatic heterocycles. The van der Waals surface area contributed by atoms with E-state index < -0.39 is 6.09 Å². The first-order chi connectivity index (χ1) is 11.7. The summed E-state index contributed by atoms with van der Waals surface area (Å²) in [5, 5.41) is 13.7. The third-order valence-corrected chi connectivity index (χ3v) is 3.86. The molecule has 0 spiro atoms. The average Bonchev–Trinajstić information content (AvgIpc) is 3.30. The smallest absolute Gasteiger partial charge is 0.407 e. The highest BCUT2D eigenvalue weighted by Gasteiger charge is 2.27. The maximum absolute atomic E-state index is 10.9. The van der Waals surface area contributed by atoms with Crippen molar-refractivity contribution in [2.24, 2.45) is 0 Å². The number of furan rings is 1. The van der Waals surface area contributed by atoms with Crippen molar-refractivity contribution in [3.63, 3.8) is 0 Å². The monoisotopic (exact) mass is 330 g/mol. The van der Waals surface area contributed by atoms with Crippen LogP contribution < -0.4 is 0 Å². The van der Waals surface area contributed by atoms with E-state index in [-0.39, 0.29) is 12.7 Å². The Kier molecular flexibility index (Phi) is 3.62. The number of likely N-dealkylation sites (tertiary alicyclic amines) is 1. The van der Waals surface area contributed by atoms with Gasteiger partial charge >= 0.3 is 6.09 Å². The molecule has 0 saturated carbocycles. The molecule has 0 radical (unpaired) electrons. The van der Waals surface area contributed by atoms with Crippen molar-refractivity contribution >= 4 is 17.1 Å². The fraction of sp³-hybridized carbons (Fsp3) is 0.333. The van der Waals surface area contributed by atoms with Gasteiger partial charge in [0, 0.05) is 24.3 Å². The summed E-state index contributed by atoms with van der Waals surface area (Å²) in [4.78, 5) is 20.5. The molecule has 0 aromatic carbocycles. The lowest BCUT2D eigenvalue weighted by Crippen LogP contribution is -2.28. The number of fused-ring (bicyclic) bond motifs is 1. The van der Waals surface area contributed by atoms with Crippen LogP contribution in [0.4, 0.5) is 4.79 Å². The van der Waals surface area contributed by atoms with Gasteiger partial charge in [0.25, 0.3) is 5.89 Å². The number of amides is 1. The Morgan fingerprint density at radius 3 is 3.21 bits per heavy atom. The third kappa shape index (κ3) is 2.81. The number of aromatic nitrogens is 3. The largest absolute Gasteiger partial charge is 0.465 e. The molecule has 1 atom stereocenters. The Bertz CT molecular complexity index is 841. The third-order valence-electron chi connectivity index (χ3n) is 3.86. The molecular formula is C15H14N4O5. The predicted molar refractivity (Wildman–Crippen MR) is 80.1 cm³/mol. The van der Waals surface area contributed by atoms with Crippen LogP contribution >= 0.6 is 0 Å². The van der Waals surface area contributed by atoms with Crippen molar-refractivity contribution in [3.05, 3.63) is 30.4 Å². The maximum atomic E-state index is 10.9. The Morgan fingerprint density at radius 2 is 2.42 bits per heavy atom.